The largest absolute Gasteiger partial charge is 0.352 e. The lowest BCUT2D eigenvalue weighted by atomic mass is 9.96. The molecule has 2 aromatic heterocycles. The first-order valence-electron chi connectivity index (χ1n) is 12.1. The first kappa shape index (κ1) is 22.0. The van der Waals surface area contributed by atoms with Crippen LogP contribution < -0.4 is 9.80 Å². The molecular formula is C27H27ClN6O. The smallest absolute Gasteiger partial charge is 0.231 e. The number of anilines is 2. The lowest BCUT2D eigenvalue weighted by Crippen LogP contribution is -2.45. The Labute approximate surface area is 209 Å². The van der Waals surface area contributed by atoms with Crippen LogP contribution in [0, 0.1) is 19.8 Å². The zero-order valence-electron chi connectivity index (χ0n) is 19.9. The lowest BCUT2D eigenvalue weighted by Gasteiger charge is -2.34. The van der Waals surface area contributed by atoms with E-state index in [2.05, 4.69) is 34.2 Å². The van der Waals surface area contributed by atoms with Crippen molar-refractivity contribution in [3.8, 4) is 5.69 Å². The average molecular weight is 487 g/mol. The van der Waals surface area contributed by atoms with Crippen LogP contribution in [-0.4, -0.2) is 45.5 Å². The van der Waals surface area contributed by atoms with Gasteiger partial charge in [-0.3, -0.25) is 4.79 Å². The summed E-state index contributed by atoms with van der Waals surface area (Å²) in [5.74, 6) is 0.882. The van der Waals surface area contributed by atoms with Crippen LogP contribution >= 0.6 is 11.6 Å². The molecule has 1 unspecified atom stereocenters. The summed E-state index contributed by atoms with van der Waals surface area (Å²) in [7, 11) is 0. The van der Waals surface area contributed by atoms with Crippen LogP contribution in [0.2, 0.25) is 5.02 Å². The van der Waals surface area contributed by atoms with Gasteiger partial charge in [-0.25, -0.2) is 4.68 Å². The third kappa shape index (κ3) is 3.74. The molecule has 1 fully saturated rings. The summed E-state index contributed by atoms with van der Waals surface area (Å²) in [5, 5.41) is 15.7. The fourth-order valence-electron chi connectivity index (χ4n) is 5.52. The van der Waals surface area contributed by atoms with Gasteiger partial charge < -0.3 is 9.80 Å². The Hall–Kier alpha value is -3.45. The van der Waals surface area contributed by atoms with E-state index in [0.717, 1.165) is 71.8 Å². The number of aryl methyl sites for hydroxylation is 2. The second kappa shape index (κ2) is 8.64. The van der Waals surface area contributed by atoms with Crippen molar-refractivity contribution in [2.45, 2.75) is 33.1 Å². The van der Waals surface area contributed by atoms with Crippen molar-refractivity contribution in [1.82, 2.24) is 20.0 Å². The third-order valence-corrected chi connectivity index (χ3v) is 7.53. The molecule has 2 aliphatic rings. The van der Waals surface area contributed by atoms with Crippen LogP contribution in [-0.2, 0) is 11.2 Å². The summed E-state index contributed by atoms with van der Waals surface area (Å²) >= 11 is 6.10. The molecule has 2 aliphatic heterocycles. The number of benzene rings is 2. The van der Waals surface area contributed by atoms with E-state index in [1.807, 2.05) is 52.9 Å². The van der Waals surface area contributed by atoms with Crippen molar-refractivity contribution in [1.29, 1.82) is 0 Å². The van der Waals surface area contributed by atoms with Crippen LogP contribution in [0.15, 0.2) is 48.5 Å². The number of fused-ring (bicyclic) bond motifs is 2. The van der Waals surface area contributed by atoms with Gasteiger partial charge in [-0.05, 0) is 69.0 Å². The number of para-hydroxylation sites is 1. The van der Waals surface area contributed by atoms with Crippen LogP contribution in [0.25, 0.3) is 16.6 Å². The quantitative estimate of drug-likeness (QED) is 0.412. The molecule has 1 amide bonds. The van der Waals surface area contributed by atoms with Crippen molar-refractivity contribution < 1.29 is 4.79 Å². The molecule has 0 N–H and O–H groups in total. The van der Waals surface area contributed by atoms with Crippen LogP contribution in [0.3, 0.4) is 0 Å². The van der Waals surface area contributed by atoms with Crippen molar-refractivity contribution in [2.75, 3.05) is 29.4 Å². The van der Waals surface area contributed by atoms with Crippen molar-refractivity contribution in [2.24, 2.45) is 5.92 Å². The molecule has 0 radical (unpaired) electrons. The molecule has 1 atom stereocenters. The minimum Gasteiger partial charge on any atom is -0.352 e. The molecule has 7 nitrogen and oxygen atoms in total. The predicted molar refractivity (Wildman–Crippen MR) is 139 cm³/mol. The molecule has 4 aromatic rings. The number of carbonyl (C=O) groups excluding carboxylic acids is 1. The number of aromatic nitrogens is 4. The second-order valence-corrected chi connectivity index (χ2v) is 9.90. The summed E-state index contributed by atoms with van der Waals surface area (Å²) in [6.45, 7) is 6.23. The average Bonchev–Trinajstić information content (AvgIpc) is 3.46. The summed E-state index contributed by atoms with van der Waals surface area (Å²) < 4.78 is 1.93. The molecule has 0 bridgehead atoms. The first-order chi connectivity index (χ1) is 17.0. The molecule has 0 spiro atoms. The van der Waals surface area contributed by atoms with Crippen molar-refractivity contribution >= 4 is 39.9 Å². The number of hydrogen-bond acceptors (Lipinski definition) is 5. The van der Waals surface area contributed by atoms with E-state index in [4.69, 9.17) is 16.7 Å². The topological polar surface area (TPSA) is 67.2 Å². The Kier molecular flexibility index (Phi) is 5.44. The maximum absolute atomic E-state index is 13.6. The number of hydrogen-bond donors (Lipinski definition) is 0. The summed E-state index contributed by atoms with van der Waals surface area (Å²) in [4.78, 5) is 17.7. The molecule has 0 aliphatic carbocycles. The Morgan fingerprint density at radius 1 is 1.03 bits per heavy atom. The highest BCUT2D eigenvalue weighted by Crippen LogP contribution is 2.34. The third-order valence-electron chi connectivity index (χ3n) is 7.28. The van der Waals surface area contributed by atoms with E-state index >= 15 is 0 Å². The number of carbonyl (C=O) groups is 1. The van der Waals surface area contributed by atoms with Gasteiger partial charge in [0.2, 0.25) is 5.91 Å². The molecule has 4 heterocycles. The molecule has 8 heteroatoms. The van der Waals surface area contributed by atoms with Crippen LogP contribution in [0.4, 0.5) is 11.5 Å². The van der Waals surface area contributed by atoms with Crippen LogP contribution in [0.1, 0.15) is 29.8 Å². The normalized spacial score (nSPS) is 17.7. The van der Waals surface area contributed by atoms with Gasteiger partial charge >= 0.3 is 0 Å². The summed E-state index contributed by atoms with van der Waals surface area (Å²) in [6.07, 6.45) is 2.73. The van der Waals surface area contributed by atoms with E-state index in [9.17, 15) is 4.79 Å². The van der Waals surface area contributed by atoms with Gasteiger partial charge in [0.05, 0.1) is 28.4 Å². The fourth-order valence-corrected chi connectivity index (χ4v) is 5.64. The lowest BCUT2D eigenvalue weighted by molar-refractivity contribution is -0.122. The minimum atomic E-state index is -0.0764. The molecule has 2 aromatic carbocycles. The fraction of sp³-hybridized carbons (Fsp3) is 0.333. The van der Waals surface area contributed by atoms with Gasteiger partial charge in [0.25, 0.3) is 0 Å². The number of nitrogens with zero attached hydrogens (tertiary/aromatic N) is 6. The molecule has 178 valence electrons. The van der Waals surface area contributed by atoms with Gasteiger partial charge in [0.15, 0.2) is 5.82 Å². The first-order valence-corrected chi connectivity index (χ1v) is 12.5. The van der Waals surface area contributed by atoms with Gasteiger partial charge in [-0.2, -0.15) is 10.2 Å². The summed E-state index contributed by atoms with van der Waals surface area (Å²) in [6, 6.07) is 15.9. The number of rotatable bonds is 3. The Balaban J connectivity index is 1.33. The van der Waals surface area contributed by atoms with E-state index in [1.165, 1.54) is 5.56 Å². The number of amides is 1. The molecule has 35 heavy (non-hydrogen) atoms. The Morgan fingerprint density at radius 3 is 2.66 bits per heavy atom. The van der Waals surface area contributed by atoms with Gasteiger partial charge in [-0.1, -0.05) is 29.8 Å². The highest BCUT2D eigenvalue weighted by atomic mass is 35.5. The van der Waals surface area contributed by atoms with Crippen molar-refractivity contribution in [3.05, 3.63) is 70.5 Å². The molecule has 1 saturated heterocycles. The Morgan fingerprint density at radius 2 is 1.83 bits per heavy atom. The van der Waals surface area contributed by atoms with E-state index < -0.39 is 0 Å². The minimum absolute atomic E-state index is 0.0764. The molecule has 6 rings (SSSR count). The molecular weight excluding hydrogens is 460 g/mol. The van der Waals surface area contributed by atoms with Gasteiger partial charge in [0.1, 0.15) is 5.52 Å². The maximum Gasteiger partial charge on any atom is 0.231 e. The summed E-state index contributed by atoms with van der Waals surface area (Å²) in [5.41, 5.74) is 5.93. The van der Waals surface area contributed by atoms with Gasteiger partial charge in [-0.15, -0.1) is 5.10 Å². The van der Waals surface area contributed by atoms with Crippen molar-refractivity contribution in [3.63, 3.8) is 0 Å². The second-order valence-electron chi connectivity index (χ2n) is 9.46. The SMILES string of the molecule is Cc1nnc(N2CCCC(C(=O)N3CCc4ccccc43)C2)c2nn(-c3ccc(Cl)cc3)c(C)c12. The Bertz CT molecular complexity index is 1430. The van der Waals surface area contributed by atoms with E-state index in [0.29, 0.717) is 11.6 Å². The number of halogens is 1. The zero-order valence-corrected chi connectivity index (χ0v) is 20.7. The monoisotopic (exact) mass is 486 g/mol. The predicted octanol–water partition coefficient (Wildman–Crippen LogP) is 4.89. The highest BCUT2D eigenvalue weighted by molar-refractivity contribution is 6.30. The molecule has 0 saturated carbocycles. The van der Waals surface area contributed by atoms with Crippen LogP contribution in [0.5, 0.6) is 0 Å². The number of piperidine rings is 1. The van der Waals surface area contributed by atoms with E-state index in [-0.39, 0.29) is 11.8 Å². The highest BCUT2D eigenvalue weighted by Gasteiger charge is 2.34. The maximum atomic E-state index is 13.6. The van der Waals surface area contributed by atoms with Gasteiger partial charge in [0, 0.05) is 30.3 Å². The van der Waals surface area contributed by atoms with E-state index in [1.54, 1.807) is 0 Å². The zero-order chi connectivity index (χ0) is 24.1. The standard InChI is InChI=1S/C27H27ClN6O/c1-17-24-18(2)34(22-11-9-21(28)10-12-22)31-25(24)26(30-29-17)32-14-5-7-20(16-32)27(35)33-15-13-19-6-3-4-8-23(19)33/h3-4,6,8-12,20H,5,7,13-16H2,1-2H3.